The van der Waals surface area contributed by atoms with Crippen LogP contribution in [-0.4, -0.2) is 35.7 Å². The van der Waals surface area contributed by atoms with Crippen molar-refractivity contribution in [2.24, 2.45) is 0 Å². The van der Waals surface area contributed by atoms with E-state index in [0.717, 1.165) is 28.5 Å². The summed E-state index contributed by atoms with van der Waals surface area (Å²) in [5, 5.41) is 0.880. The number of aromatic amines is 1. The van der Waals surface area contributed by atoms with E-state index in [1.54, 1.807) is 24.0 Å². The van der Waals surface area contributed by atoms with Gasteiger partial charge in [0.05, 0.1) is 6.61 Å². The van der Waals surface area contributed by atoms with E-state index in [1.165, 1.54) is 6.07 Å². The first-order valence-electron chi connectivity index (χ1n) is 7.06. The van der Waals surface area contributed by atoms with Gasteiger partial charge in [-0.3, -0.25) is 0 Å². The number of amides is 1. The van der Waals surface area contributed by atoms with Crippen LogP contribution in [0, 0.1) is 5.82 Å². The number of H-pyrrole nitrogens is 1. The standard InChI is InChI=1S/C16H17FN2O2/c1-2-21-16(20)19-7-5-11(6-8-19)14-10-18-15-4-3-12(17)9-13(14)15/h3-5,9-10,18H,2,6-8H2,1H3. The van der Waals surface area contributed by atoms with Gasteiger partial charge in [-0.25, -0.2) is 9.18 Å². The zero-order valence-electron chi connectivity index (χ0n) is 11.9. The second-order valence-corrected chi connectivity index (χ2v) is 5.02. The number of rotatable bonds is 2. The Morgan fingerprint density at radius 1 is 1.48 bits per heavy atom. The first kappa shape index (κ1) is 13.7. The largest absolute Gasteiger partial charge is 0.450 e. The molecule has 0 saturated carbocycles. The van der Waals surface area contributed by atoms with Crippen LogP contribution < -0.4 is 0 Å². The molecule has 0 saturated heterocycles. The van der Waals surface area contributed by atoms with Crippen LogP contribution in [0.3, 0.4) is 0 Å². The van der Waals surface area contributed by atoms with Crippen LogP contribution in [0.4, 0.5) is 9.18 Å². The molecule has 0 aliphatic carbocycles. The van der Waals surface area contributed by atoms with Crippen LogP contribution in [0.15, 0.2) is 30.5 Å². The lowest BCUT2D eigenvalue weighted by atomic mass is 9.99. The summed E-state index contributed by atoms with van der Waals surface area (Å²) in [5.41, 5.74) is 3.06. The molecule has 0 radical (unpaired) electrons. The summed E-state index contributed by atoms with van der Waals surface area (Å²) in [6, 6.07) is 4.72. The summed E-state index contributed by atoms with van der Waals surface area (Å²) >= 11 is 0. The maximum Gasteiger partial charge on any atom is 0.410 e. The number of halogens is 1. The van der Waals surface area contributed by atoms with Gasteiger partial charge in [-0.1, -0.05) is 6.08 Å². The van der Waals surface area contributed by atoms with E-state index in [4.69, 9.17) is 4.74 Å². The number of fused-ring (bicyclic) bond motifs is 1. The molecule has 2 heterocycles. The molecule has 0 spiro atoms. The molecule has 1 aromatic heterocycles. The molecule has 5 heteroatoms. The number of aromatic nitrogens is 1. The van der Waals surface area contributed by atoms with E-state index in [1.807, 2.05) is 12.3 Å². The van der Waals surface area contributed by atoms with Crippen molar-refractivity contribution in [2.45, 2.75) is 13.3 Å². The summed E-state index contributed by atoms with van der Waals surface area (Å²) < 4.78 is 18.4. The highest BCUT2D eigenvalue weighted by Crippen LogP contribution is 2.29. The van der Waals surface area contributed by atoms with Crippen molar-refractivity contribution in [2.75, 3.05) is 19.7 Å². The molecule has 1 amide bonds. The second kappa shape index (κ2) is 5.60. The quantitative estimate of drug-likeness (QED) is 0.918. The van der Waals surface area contributed by atoms with Crippen molar-refractivity contribution >= 4 is 22.6 Å². The summed E-state index contributed by atoms with van der Waals surface area (Å²) in [7, 11) is 0. The van der Waals surface area contributed by atoms with Crippen LogP contribution in [0.25, 0.3) is 16.5 Å². The number of nitrogens with one attached hydrogen (secondary N) is 1. The van der Waals surface area contributed by atoms with Crippen molar-refractivity contribution in [1.29, 1.82) is 0 Å². The molecule has 1 aliphatic rings. The minimum absolute atomic E-state index is 0.243. The van der Waals surface area contributed by atoms with E-state index in [0.29, 0.717) is 19.7 Å². The predicted octanol–water partition coefficient (Wildman–Crippen LogP) is 3.55. The Labute approximate surface area is 122 Å². The van der Waals surface area contributed by atoms with Crippen LogP contribution in [0.5, 0.6) is 0 Å². The molecule has 0 bridgehead atoms. The van der Waals surface area contributed by atoms with Crippen molar-refractivity contribution in [3.63, 3.8) is 0 Å². The van der Waals surface area contributed by atoms with Gasteiger partial charge in [0.25, 0.3) is 0 Å². The molecule has 0 unspecified atom stereocenters. The molecule has 1 N–H and O–H groups in total. The molecular formula is C16H17FN2O2. The first-order chi connectivity index (χ1) is 10.2. The molecule has 4 nitrogen and oxygen atoms in total. The Hall–Kier alpha value is -2.30. The lowest BCUT2D eigenvalue weighted by Gasteiger charge is -2.25. The fourth-order valence-electron chi connectivity index (χ4n) is 2.65. The predicted molar refractivity (Wildman–Crippen MR) is 79.4 cm³/mol. The van der Waals surface area contributed by atoms with Gasteiger partial charge in [0.2, 0.25) is 0 Å². The van der Waals surface area contributed by atoms with Gasteiger partial charge in [0.1, 0.15) is 5.82 Å². The number of hydrogen-bond acceptors (Lipinski definition) is 2. The second-order valence-electron chi connectivity index (χ2n) is 5.02. The average Bonchev–Trinajstić information content (AvgIpc) is 2.90. The van der Waals surface area contributed by atoms with Gasteiger partial charge in [-0.15, -0.1) is 0 Å². The number of carbonyl (C=O) groups is 1. The maximum absolute atomic E-state index is 13.4. The third-order valence-corrected chi connectivity index (χ3v) is 3.72. The normalized spacial score (nSPS) is 15.1. The molecule has 0 fully saturated rings. The van der Waals surface area contributed by atoms with E-state index in [-0.39, 0.29) is 11.9 Å². The van der Waals surface area contributed by atoms with Gasteiger partial charge < -0.3 is 14.6 Å². The van der Waals surface area contributed by atoms with Gasteiger partial charge in [0.15, 0.2) is 0 Å². The minimum atomic E-state index is -0.280. The first-order valence-corrected chi connectivity index (χ1v) is 7.06. The molecule has 1 aliphatic heterocycles. The lowest BCUT2D eigenvalue weighted by Crippen LogP contribution is -2.35. The van der Waals surface area contributed by atoms with Crippen molar-refractivity contribution < 1.29 is 13.9 Å². The van der Waals surface area contributed by atoms with Crippen molar-refractivity contribution in [1.82, 2.24) is 9.88 Å². The number of nitrogens with zero attached hydrogens (tertiary/aromatic N) is 1. The fourth-order valence-corrected chi connectivity index (χ4v) is 2.65. The minimum Gasteiger partial charge on any atom is -0.450 e. The number of hydrogen-bond donors (Lipinski definition) is 1. The average molecular weight is 288 g/mol. The van der Waals surface area contributed by atoms with Gasteiger partial charge >= 0.3 is 6.09 Å². The SMILES string of the molecule is CCOC(=O)N1CC=C(c2c[nH]c3ccc(F)cc23)CC1. The Kier molecular flexibility index (Phi) is 3.64. The van der Waals surface area contributed by atoms with Crippen molar-refractivity contribution in [3.05, 3.63) is 41.9 Å². The molecule has 3 rings (SSSR count). The zero-order valence-corrected chi connectivity index (χ0v) is 11.9. The van der Waals surface area contributed by atoms with E-state index in [2.05, 4.69) is 4.98 Å². The molecule has 2 aromatic rings. The molecular weight excluding hydrogens is 271 g/mol. The highest BCUT2D eigenvalue weighted by atomic mass is 19.1. The molecule has 110 valence electrons. The number of ether oxygens (including phenoxy) is 1. The summed E-state index contributed by atoms with van der Waals surface area (Å²) in [6.07, 6.45) is 4.37. The van der Waals surface area contributed by atoms with Crippen LogP contribution in [0.2, 0.25) is 0 Å². The van der Waals surface area contributed by atoms with E-state index >= 15 is 0 Å². The van der Waals surface area contributed by atoms with Crippen molar-refractivity contribution in [3.8, 4) is 0 Å². The molecule has 1 aromatic carbocycles. The summed E-state index contributed by atoms with van der Waals surface area (Å²) in [4.78, 5) is 16.5. The number of benzene rings is 1. The monoisotopic (exact) mass is 288 g/mol. The van der Waals surface area contributed by atoms with Gasteiger partial charge in [-0.2, -0.15) is 0 Å². The van der Waals surface area contributed by atoms with Crippen LogP contribution in [0.1, 0.15) is 18.9 Å². The Morgan fingerprint density at radius 2 is 2.33 bits per heavy atom. The Bertz CT molecular complexity index is 705. The van der Waals surface area contributed by atoms with Crippen LogP contribution in [-0.2, 0) is 4.74 Å². The highest BCUT2D eigenvalue weighted by Gasteiger charge is 2.20. The maximum atomic E-state index is 13.4. The third kappa shape index (κ3) is 2.63. The Balaban J connectivity index is 1.84. The zero-order chi connectivity index (χ0) is 14.8. The smallest absolute Gasteiger partial charge is 0.410 e. The summed E-state index contributed by atoms with van der Waals surface area (Å²) in [6.45, 7) is 3.32. The number of carbonyl (C=O) groups excluding carboxylic acids is 1. The molecule has 21 heavy (non-hydrogen) atoms. The lowest BCUT2D eigenvalue weighted by molar-refractivity contribution is 0.111. The highest BCUT2D eigenvalue weighted by molar-refractivity contribution is 5.93. The Morgan fingerprint density at radius 3 is 3.05 bits per heavy atom. The van der Waals surface area contributed by atoms with E-state index in [9.17, 15) is 9.18 Å². The van der Waals surface area contributed by atoms with E-state index < -0.39 is 0 Å². The van der Waals surface area contributed by atoms with Gasteiger partial charge in [0, 0.05) is 35.8 Å². The third-order valence-electron chi connectivity index (χ3n) is 3.72. The molecule has 0 atom stereocenters. The topological polar surface area (TPSA) is 45.3 Å². The van der Waals surface area contributed by atoms with Gasteiger partial charge in [-0.05, 0) is 37.1 Å². The summed E-state index contributed by atoms with van der Waals surface area (Å²) in [5.74, 6) is -0.243. The van der Waals surface area contributed by atoms with Crippen LogP contribution >= 0.6 is 0 Å². The fraction of sp³-hybridized carbons (Fsp3) is 0.312.